The van der Waals surface area contributed by atoms with Crippen molar-refractivity contribution in [1.82, 2.24) is 4.98 Å². The fourth-order valence-corrected chi connectivity index (χ4v) is 1.72. The molecule has 2 nitrogen and oxygen atoms in total. The number of carbonyl (C=O) groups excluding carboxylic acids is 1. The molecule has 0 radical (unpaired) electrons. The van der Waals surface area contributed by atoms with E-state index in [2.05, 4.69) is 17.1 Å². The first kappa shape index (κ1) is 11.0. The number of alkyl halides is 1. The number of aromatic nitrogens is 1. The zero-order chi connectivity index (χ0) is 11.5. The maximum absolute atomic E-state index is 11.1. The van der Waals surface area contributed by atoms with E-state index in [-0.39, 0.29) is 11.7 Å². The minimum atomic E-state index is -0.0804. The molecule has 3 heteroatoms. The van der Waals surface area contributed by atoms with Crippen molar-refractivity contribution in [3.8, 4) is 0 Å². The van der Waals surface area contributed by atoms with Crippen molar-refractivity contribution in [1.29, 1.82) is 0 Å². The molecule has 0 aliphatic heterocycles. The Hall–Kier alpha value is -1.54. The molecule has 0 saturated heterocycles. The van der Waals surface area contributed by atoms with Crippen molar-refractivity contribution in [2.24, 2.45) is 0 Å². The number of halogens is 1. The number of ketones is 1. The van der Waals surface area contributed by atoms with Crippen LogP contribution in [0.1, 0.15) is 11.1 Å². The third-order valence-electron chi connectivity index (χ3n) is 2.45. The van der Waals surface area contributed by atoms with Gasteiger partial charge in [0.1, 0.15) is 0 Å². The van der Waals surface area contributed by atoms with E-state index in [0.29, 0.717) is 0 Å². The lowest BCUT2D eigenvalue weighted by atomic mass is 10.1. The van der Waals surface area contributed by atoms with Crippen LogP contribution in [0.3, 0.4) is 0 Å². The topological polar surface area (TPSA) is 32.9 Å². The highest BCUT2D eigenvalue weighted by Gasteiger charge is 2.01. The molecule has 0 unspecified atom stereocenters. The average Bonchev–Trinajstić information content (AvgIpc) is 2.68. The molecular formula is C13H12ClNO. The molecule has 1 N–H and O–H groups in total. The lowest BCUT2D eigenvalue weighted by Crippen LogP contribution is -1.91. The minimum absolute atomic E-state index is 0.0258. The van der Waals surface area contributed by atoms with E-state index >= 15 is 0 Å². The van der Waals surface area contributed by atoms with Crippen LogP contribution in [0.5, 0.6) is 0 Å². The van der Waals surface area contributed by atoms with Gasteiger partial charge in [0.05, 0.1) is 5.88 Å². The fraction of sp³-hybridized carbons (Fsp3) is 0.154. The smallest absolute Gasteiger partial charge is 0.170 e. The SMILES string of the molecule is Cc1ccc2c(C=CC(=O)CCl)c[nH]c2c1. The number of rotatable bonds is 3. The summed E-state index contributed by atoms with van der Waals surface area (Å²) in [7, 11) is 0. The number of carbonyl (C=O) groups is 1. The quantitative estimate of drug-likeness (QED) is 0.640. The highest BCUT2D eigenvalue weighted by atomic mass is 35.5. The number of aromatic amines is 1. The van der Waals surface area contributed by atoms with Gasteiger partial charge in [-0.05, 0) is 36.3 Å². The molecule has 0 fully saturated rings. The summed E-state index contributed by atoms with van der Waals surface area (Å²) in [5, 5.41) is 1.12. The summed E-state index contributed by atoms with van der Waals surface area (Å²) < 4.78 is 0. The van der Waals surface area contributed by atoms with Crippen molar-refractivity contribution in [3.63, 3.8) is 0 Å². The predicted molar refractivity (Wildman–Crippen MR) is 67.8 cm³/mol. The molecule has 2 rings (SSSR count). The molecule has 1 aromatic carbocycles. The Balaban J connectivity index is 2.39. The van der Waals surface area contributed by atoms with Crippen LogP contribution in [0, 0.1) is 6.92 Å². The molecular weight excluding hydrogens is 222 g/mol. The molecule has 0 bridgehead atoms. The summed E-state index contributed by atoms with van der Waals surface area (Å²) >= 11 is 5.42. The van der Waals surface area contributed by atoms with Crippen LogP contribution in [0.25, 0.3) is 17.0 Å². The lowest BCUT2D eigenvalue weighted by Gasteiger charge is -1.94. The van der Waals surface area contributed by atoms with Gasteiger partial charge in [0.2, 0.25) is 0 Å². The number of nitrogens with one attached hydrogen (secondary N) is 1. The summed E-state index contributed by atoms with van der Waals surface area (Å²) in [5.74, 6) is -0.0547. The molecule has 0 aliphatic rings. The van der Waals surface area contributed by atoms with E-state index in [1.165, 1.54) is 11.6 Å². The molecule has 0 atom stereocenters. The Kier molecular flexibility index (Phi) is 3.11. The Morgan fingerprint density at radius 1 is 1.50 bits per heavy atom. The summed E-state index contributed by atoms with van der Waals surface area (Å²) in [6.07, 6.45) is 5.19. The Morgan fingerprint density at radius 2 is 2.31 bits per heavy atom. The molecule has 1 heterocycles. The molecule has 2 aromatic rings. The lowest BCUT2D eigenvalue weighted by molar-refractivity contribution is -0.112. The highest BCUT2D eigenvalue weighted by Crippen LogP contribution is 2.20. The standard InChI is InChI=1S/C13H12ClNO/c1-9-2-5-12-10(3-4-11(16)7-14)8-15-13(12)6-9/h2-6,8,15H,7H2,1H3. The highest BCUT2D eigenvalue weighted by molar-refractivity contribution is 6.29. The third kappa shape index (κ3) is 2.17. The van der Waals surface area contributed by atoms with E-state index < -0.39 is 0 Å². The molecule has 0 spiro atoms. The fourth-order valence-electron chi connectivity index (χ4n) is 1.63. The van der Waals surface area contributed by atoms with Gasteiger partial charge in [0.15, 0.2) is 5.78 Å². The van der Waals surface area contributed by atoms with Gasteiger partial charge in [0.25, 0.3) is 0 Å². The summed E-state index contributed by atoms with van der Waals surface area (Å²) in [5.41, 5.74) is 3.30. The second-order valence-electron chi connectivity index (χ2n) is 3.73. The Morgan fingerprint density at radius 3 is 3.06 bits per heavy atom. The van der Waals surface area contributed by atoms with E-state index in [9.17, 15) is 4.79 Å². The van der Waals surface area contributed by atoms with Crippen molar-refractivity contribution >= 4 is 34.4 Å². The first-order chi connectivity index (χ1) is 7.70. The number of H-pyrrole nitrogens is 1. The van der Waals surface area contributed by atoms with Crippen LogP contribution in [0.2, 0.25) is 0 Å². The van der Waals surface area contributed by atoms with Crippen molar-refractivity contribution in [3.05, 3.63) is 41.6 Å². The van der Waals surface area contributed by atoms with Gasteiger partial charge >= 0.3 is 0 Å². The molecule has 0 saturated carbocycles. The molecule has 0 amide bonds. The molecule has 1 aromatic heterocycles. The van der Waals surface area contributed by atoms with Crippen LogP contribution in [0.15, 0.2) is 30.5 Å². The average molecular weight is 234 g/mol. The van der Waals surface area contributed by atoms with Gasteiger partial charge in [-0.25, -0.2) is 0 Å². The Labute approximate surface area is 98.9 Å². The summed E-state index contributed by atoms with van der Waals surface area (Å²) in [6.45, 7) is 2.05. The van der Waals surface area contributed by atoms with Gasteiger partial charge in [-0.1, -0.05) is 12.1 Å². The minimum Gasteiger partial charge on any atom is -0.361 e. The Bertz CT molecular complexity index is 554. The zero-order valence-corrected chi connectivity index (χ0v) is 9.71. The number of allylic oxidation sites excluding steroid dienone is 1. The normalized spacial score (nSPS) is 11.4. The van der Waals surface area contributed by atoms with Gasteiger partial charge in [-0.3, -0.25) is 4.79 Å². The van der Waals surface area contributed by atoms with Crippen molar-refractivity contribution in [2.75, 3.05) is 5.88 Å². The van der Waals surface area contributed by atoms with Crippen LogP contribution in [0.4, 0.5) is 0 Å². The first-order valence-corrected chi connectivity index (χ1v) is 5.59. The maximum Gasteiger partial charge on any atom is 0.170 e. The van der Waals surface area contributed by atoms with Crippen LogP contribution in [-0.2, 0) is 4.79 Å². The molecule has 82 valence electrons. The van der Waals surface area contributed by atoms with Crippen LogP contribution in [-0.4, -0.2) is 16.6 Å². The number of benzene rings is 1. The van der Waals surface area contributed by atoms with Gasteiger partial charge in [-0.15, -0.1) is 11.6 Å². The molecule has 0 aliphatic carbocycles. The van der Waals surface area contributed by atoms with Crippen LogP contribution >= 0.6 is 11.6 Å². The number of fused-ring (bicyclic) bond motifs is 1. The second kappa shape index (κ2) is 4.54. The van der Waals surface area contributed by atoms with Gasteiger partial charge < -0.3 is 4.98 Å². The number of aryl methyl sites for hydroxylation is 1. The van der Waals surface area contributed by atoms with E-state index in [0.717, 1.165) is 16.5 Å². The van der Waals surface area contributed by atoms with Gasteiger partial charge in [-0.2, -0.15) is 0 Å². The monoisotopic (exact) mass is 233 g/mol. The van der Waals surface area contributed by atoms with Crippen molar-refractivity contribution in [2.45, 2.75) is 6.92 Å². The predicted octanol–water partition coefficient (Wildman–Crippen LogP) is 3.30. The summed E-state index contributed by atoms with van der Waals surface area (Å²) in [6, 6.07) is 6.18. The zero-order valence-electron chi connectivity index (χ0n) is 8.96. The van der Waals surface area contributed by atoms with Gasteiger partial charge in [0, 0.05) is 17.1 Å². The van der Waals surface area contributed by atoms with Crippen LogP contribution < -0.4 is 0 Å². The second-order valence-corrected chi connectivity index (χ2v) is 3.99. The third-order valence-corrected chi connectivity index (χ3v) is 2.71. The van der Waals surface area contributed by atoms with E-state index in [1.807, 2.05) is 19.2 Å². The van der Waals surface area contributed by atoms with Crippen molar-refractivity contribution < 1.29 is 4.79 Å². The molecule has 16 heavy (non-hydrogen) atoms. The number of hydrogen-bond donors (Lipinski definition) is 1. The first-order valence-electron chi connectivity index (χ1n) is 5.05. The van der Waals surface area contributed by atoms with E-state index in [1.54, 1.807) is 6.08 Å². The maximum atomic E-state index is 11.1. The van der Waals surface area contributed by atoms with E-state index in [4.69, 9.17) is 11.6 Å². The number of hydrogen-bond acceptors (Lipinski definition) is 1. The largest absolute Gasteiger partial charge is 0.361 e. The summed E-state index contributed by atoms with van der Waals surface area (Å²) in [4.78, 5) is 14.2.